The Morgan fingerprint density at radius 1 is 0.737 bits per heavy atom. The van der Waals surface area contributed by atoms with Crippen LogP contribution in [0.2, 0.25) is 0 Å². The largest absolute Gasteiger partial charge is 0.465 e. The lowest BCUT2D eigenvalue weighted by Gasteiger charge is -2.20. The van der Waals surface area contributed by atoms with Gasteiger partial charge in [0, 0.05) is 12.3 Å². The van der Waals surface area contributed by atoms with Crippen LogP contribution in [-0.2, 0) is 35.2 Å². The number of hydrogen-bond donors (Lipinski definition) is 0. The van der Waals surface area contributed by atoms with Crippen LogP contribution in [0.3, 0.4) is 0 Å². The molecule has 3 aromatic rings. The van der Waals surface area contributed by atoms with Gasteiger partial charge in [-0.25, -0.2) is 0 Å². The third kappa shape index (κ3) is 6.88. The monoisotopic (exact) mass is 514 g/mol. The first-order chi connectivity index (χ1) is 18.4. The zero-order chi connectivity index (χ0) is 26.9. The maximum atomic E-state index is 12.8. The lowest BCUT2D eigenvalue weighted by atomic mass is 9.92. The Morgan fingerprint density at radius 3 is 1.97 bits per heavy atom. The molecule has 1 atom stereocenters. The molecule has 1 aliphatic rings. The number of fused-ring (bicyclic) bond motifs is 3. The molecule has 0 aliphatic heterocycles. The molecule has 0 aromatic heterocycles. The number of benzene rings is 3. The normalized spacial score (nSPS) is 12.9. The molecule has 1 aliphatic carbocycles. The molecule has 0 heterocycles. The zero-order valence-corrected chi connectivity index (χ0v) is 21.9. The molecular weight excluding hydrogens is 480 g/mol. The van der Waals surface area contributed by atoms with E-state index in [4.69, 9.17) is 14.2 Å². The van der Waals surface area contributed by atoms with Crippen molar-refractivity contribution in [2.24, 2.45) is 11.8 Å². The van der Waals surface area contributed by atoms with E-state index in [1.54, 1.807) is 0 Å². The fourth-order valence-electron chi connectivity index (χ4n) is 4.75. The number of esters is 3. The van der Waals surface area contributed by atoms with Crippen molar-refractivity contribution in [2.75, 3.05) is 13.2 Å². The topological polar surface area (TPSA) is 78.9 Å². The van der Waals surface area contributed by atoms with Crippen LogP contribution >= 0.6 is 0 Å². The predicted octanol–water partition coefficient (Wildman–Crippen LogP) is 6.07. The van der Waals surface area contributed by atoms with Crippen molar-refractivity contribution in [3.05, 3.63) is 95.6 Å². The van der Waals surface area contributed by atoms with E-state index in [-0.39, 0.29) is 50.5 Å². The van der Waals surface area contributed by atoms with Gasteiger partial charge < -0.3 is 14.2 Å². The third-order valence-corrected chi connectivity index (χ3v) is 6.88. The van der Waals surface area contributed by atoms with Crippen molar-refractivity contribution in [3.8, 4) is 11.1 Å². The van der Waals surface area contributed by atoms with Crippen molar-refractivity contribution in [2.45, 2.75) is 45.6 Å². The average Bonchev–Trinajstić information content (AvgIpc) is 3.25. The second-order valence-electron chi connectivity index (χ2n) is 9.88. The van der Waals surface area contributed by atoms with Gasteiger partial charge in [0.05, 0.1) is 18.9 Å². The minimum Gasteiger partial charge on any atom is -0.465 e. The molecule has 0 radical (unpaired) electrons. The molecule has 0 saturated carbocycles. The van der Waals surface area contributed by atoms with E-state index >= 15 is 0 Å². The molecule has 0 N–H and O–H groups in total. The summed E-state index contributed by atoms with van der Waals surface area (Å²) in [5.74, 6) is -1.96. The summed E-state index contributed by atoms with van der Waals surface area (Å²) in [5, 5.41) is 0. The minimum absolute atomic E-state index is 0.0301. The van der Waals surface area contributed by atoms with Gasteiger partial charge in [0.15, 0.2) is 0 Å². The molecule has 4 rings (SSSR count). The molecular formula is C32H34O6. The van der Waals surface area contributed by atoms with E-state index in [0.717, 1.165) is 27.8 Å². The molecule has 0 fully saturated rings. The zero-order valence-electron chi connectivity index (χ0n) is 21.9. The average molecular weight is 515 g/mol. The van der Waals surface area contributed by atoms with E-state index in [9.17, 15) is 14.4 Å². The minimum atomic E-state index is -0.615. The highest BCUT2D eigenvalue weighted by atomic mass is 16.5. The van der Waals surface area contributed by atoms with E-state index in [1.807, 2.05) is 68.4 Å². The number of ether oxygens (including phenoxy) is 3. The molecule has 198 valence electrons. The molecule has 6 heteroatoms. The number of hydrogen-bond acceptors (Lipinski definition) is 6. The van der Waals surface area contributed by atoms with Gasteiger partial charge in [-0.1, -0.05) is 92.7 Å². The van der Waals surface area contributed by atoms with Gasteiger partial charge in [0.2, 0.25) is 0 Å². The van der Waals surface area contributed by atoms with Gasteiger partial charge in [-0.3, -0.25) is 14.4 Å². The first kappa shape index (κ1) is 27.1. The fourth-order valence-corrected chi connectivity index (χ4v) is 4.75. The Hall–Kier alpha value is -3.93. The van der Waals surface area contributed by atoms with Crippen molar-refractivity contribution >= 4 is 17.9 Å². The van der Waals surface area contributed by atoms with E-state index in [0.29, 0.717) is 6.42 Å². The summed E-state index contributed by atoms with van der Waals surface area (Å²) in [4.78, 5) is 37.4. The molecule has 0 unspecified atom stereocenters. The summed E-state index contributed by atoms with van der Waals surface area (Å²) >= 11 is 0. The predicted molar refractivity (Wildman–Crippen MR) is 144 cm³/mol. The maximum absolute atomic E-state index is 12.8. The van der Waals surface area contributed by atoms with Crippen LogP contribution < -0.4 is 0 Å². The SMILES string of the molecule is CC(C)[C@H](CC(=O)OCC1c2ccccc2-c2ccccc21)C(=O)OCCCC(=O)OCc1ccccc1. The van der Waals surface area contributed by atoms with E-state index in [1.165, 1.54) is 0 Å². The quantitative estimate of drug-likeness (QED) is 0.166. The van der Waals surface area contributed by atoms with Crippen LogP contribution in [0, 0.1) is 11.8 Å². The molecule has 3 aromatic carbocycles. The van der Waals surface area contributed by atoms with Crippen LogP contribution in [0.1, 0.15) is 55.7 Å². The lowest BCUT2D eigenvalue weighted by Crippen LogP contribution is -2.27. The summed E-state index contributed by atoms with van der Waals surface area (Å²) in [5.41, 5.74) is 5.53. The Bertz CT molecular complexity index is 1200. The van der Waals surface area contributed by atoms with Crippen LogP contribution in [0.25, 0.3) is 11.1 Å². The highest BCUT2D eigenvalue weighted by molar-refractivity contribution is 5.81. The number of carbonyl (C=O) groups is 3. The van der Waals surface area contributed by atoms with E-state index < -0.39 is 17.9 Å². The maximum Gasteiger partial charge on any atom is 0.309 e. The molecule has 38 heavy (non-hydrogen) atoms. The first-order valence-electron chi connectivity index (χ1n) is 13.1. The van der Waals surface area contributed by atoms with Gasteiger partial charge in [0.1, 0.15) is 13.2 Å². The summed E-state index contributed by atoms with van der Waals surface area (Å²) in [7, 11) is 0. The van der Waals surface area contributed by atoms with E-state index in [2.05, 4.69) is 24.3 Å². The summed E-state index contributed by atoms with van der Waals surface area (Å²) in [6, 6.07) is 25.8. The van der Waals surface area contributed by atoms with Gasteiger partial charge in [-0.2, -0.15) is 0 Å². The van der Waals surface area contributed by atoms with Crippen LogP contribution in [0.5, 0.6) is 0 Å². The van der Waals surface area contributed by atoms with Crippen molar-refractivity contribution in [1.29, 1.82) is 0 Å². The number of rotatable bonds is 12. The Balaban J connectivity index is 1.22. The third-order valence-electron chi connectivity index (χ3n) is 6.88. The number of carbonyl (C=O) groups excluding carboxylic acids is 3. The standard InChI is InChI=1S/C32H34O6/c1-22(2)28(32(35)36-18-10-17-30(33)37-20-23-11-4-3-5-12-23)19-31(34)38-21-29-26-15-8-6-13-24(26)25-14-7-9-16-27(25)29/h3-9,11-16,22,28-29H,10,17-21H2,1-2H3/t28-/m0/s1. The van der Waals surface area contributed by atoms with Gasteiger partial charge in [-0.05, 0) is 40.2 Å². The Morgan fingerprint density at radius 2 is 1.34 bits per heavy atom. The van der Waals surface area contributed by atoms with Gasteiger partial charge >= 0.3 is 17.9 Å². The molecule has 0 bridgehead atoms. The summed E-state index contributed by atoms with van der Waals surface area (Å²) in [6.45, 7) is 4.28. The summed E-state index contributed by atoms with van der Waals surface area (Å²) < 4.78 is 16.3. The lowest BCUT2D eigenvalue weighted by molar-refractivity contribution is -0.157. The van der Waals surface area contributed by atoms with Crippen molar-refractivity contribution in [3.63, 3.8) is 0 Å². The van der Waals surface area contributed by atoms with Crippen LogP contribution in [-0.4, -0.2) is 31.1 Å². The first-order valence-corrected chi connectivity index (χ1v) is 13.1. The molecule has 0 amide bonds. The molecule has 0 saturated heterocycles. The smallest absolute Gasteiger partial charge is 0.309 e. The van der Waals surface area contributed by atoms with Gasteiger partial charge in [0.25, 0.3) is 0 Å². The van der Waals surface area contributed by atoms with Crippen molar-refractivity contribution in [1.82, 2.24) is 0 Å². The summed E-state index contributed by atoms with van der Waals surface area (Å²) in [6.07, 6.45) is 0.458. The second kappa shape index (κ2) is 13.0. The highest BCUT2D eigenvalue weighted by Crippen LogP contribution is 2.44. The molecule has 6 nitrogen and oxygen atoms in total. The Kier molecular flexibility index (Phi) is 9.30. The highest BCUT2D eigenvalue weighted by Gasteiger charge is 2.31. The van der Waals surface area contributed by atoms with Crippen LogP contribution in [0.15, 0.2) is 78.9 Å². The molecule has 0 spiro atoms. The fraction of sp³-hybridized carbons (Fsp3) is 0.344. The van der Waals surface area contributed by atoms with Crippen LogP contribution in [0.4, 0.5) is 0 Å². The second-order valence-corrected chi connectivity index (χ2v) is 9.88. The van der Waals surface area contributed by atoms with Crippen molar-refractivity contribution < 1.29 is 28.6 Å². The Labute approximate surface area is 223 Å². The van der Waals surface area contributed by atoms with Gasteiger partial charge in [-0.15, -0.1) is 0 Å².